The molecule has 17 N–H and O–H groups in total. The van der Waals surface area contributed by atoms with E-state index >= 15 is 0 Å². The Morgan fingerprint density at radius 1 is 0.663 bits per heavy atom. The lowest BCUT2D eigenvalue weighted by Gasteiger charge is -2.52. The van der Waals surface area contributed by atoms with E-state index in [1.54, 1.807) is 18.2 Å². The minimum Gasteiger partial charge on any atom is -0.394 e. The standard InChI is InChI=1S/C65H106N6O30/c1-4-5-6-7-8-9-10-11-12-13-14-15-16-17-18-22-45(82)69-37(38(79)24-23-36-21-19-20-25-66-36)32-92-62-54(89)52(87)56(43(30-74)95-62)97-64-55(90)60(101-65(33-76)26-39(80)46(71-70-35(3)78)59(100-65)48(83)40(81)28-72)57(44(31-75)96-64)98-61-47(68-34(2)77)58(50(85)41(93-61)27-67-91)99-63-53(88)51(86)49(84)42(29-73)94-63/h19-21,23-25,33,37-44,46-64,72-75,79-81,83-90H,4-18,22,26-32H2,1-3H3,(H,68,77)(H,69,82)/b24-23+,71-70?/t37-,38+,39?,40+,41?,42?,43?,44?,46+,47?,48+,49-,50-,51?,52?,53?,54?,55?,56+,57-,58?,59?,60?,61-,62+,63-,64-,65-/m0/s1. The number of amides is 3. The van der Waals surface area contributed by atoms with Gasteiger partial charge in [0, 0.05) is 32.9 Å². The quantitative estimate of drug-likeness (QED) is 0.0131. The first kappa shape index (κ1) is 85.3. The molecule has 36 heteroatoms. The summed E-state index contributed by atoms with van der Waals surface area (Å²) in [7, 11) is 0. The monoisotopic (exact) mass is 1450 g/mol. The van der Waals surface area contributed by atoms with Crippen LogP contribution in [0.1, 0.15) is 136 Å². The predicted octanol–water partition coefficient (Wildman–Crippen LogP) is -3.44. The Hall–Kier alpha value is -4.63. The number of aliphatic hydroxyl groups is 15. The molecule has 0 saturated carbocycles. The predicted molar refractivity (Wildman–Crippen MR) is 345 cm³/mol. The highest BCUT2D eigenvalue weighted by Gasteiger charge is 2.60. The number of nitrogens with one attached hydrogen (secondary N) is 2. The molecule has 1 aromatic heterocycles. The highest BCUT2D eigenvalue weighted by Crippen LogP contribution is 2.41. The third-order valence-corrected chi connectivity index (χ3v) is 18.3. The summed E-state index contributed by atoms with van der Waals surface area (Å²) in [6, 6.07) is 0.143. The molecule has 0 spiro atoms. The molecule has 101 heavy (non-hydrogen) atoms. The third kappa shape index (κ3) is 24.5. The zero-order chi connectivity index (χ0) is 73.9. The number of pyridine rings is 1. The lowest BCUT2D eigenvalue weighted by Crippen LogP contribution is -2.71. The van der Waals surface area contributed by atoms with Crippen molar-refractivity contribution in [2.24, 2.45) is 15.4 Å². The summed E-state index contributed by atoms with van der Waals surface area (Å²) in [5, 5.41) is 182. The molecule has 0 aromatic carbocycles. The highest BCUT2D eigenvalue weighted by atomic mass is 16.8. The number of carbonyl (C=O) groups excluding carboxylic acids is 4. The number of aromatic nitrogens is 1. The molecule has 0 bridgehead atoms. The maximum Gasteiger partial charge on any atom is 0.261 e. The Morgan fingerprint density at radius 3 is 1.80 bits per heavy atom. The van der Waals surface area contributed by atoms with E-state index in [1.165, 1.54) is 76.1 Å². The summed E-state index contributed by atoms with van der Waals surface area (Å²) in [5.41, 5.74) is 0.462. The summed E-state index contributed by atoms with van der Waals surface area (Å²) in [6.07, 6.45) is -28.8. The molecule has 3 amide bonds. The van der Waals surface area contributed by atoms with Crippen LogP contribution in [0.25, 0.3) is 6.08 Å². The van der Waals surface area contributed by atoms with Crippen LogP contribution in [0.15, 0.2) is 45.9 Å². The molecular formula is C65H106N6O30. The van der Waals surface area contributed by atoms with Crippen LogP contribution in [0, 0.1) is 4.91 Å². The van der Waals surface area contributed by atoms with Gasteiger partial charge in [-0.25, -0.2) is 0 Å². The van der Waals surface area contributed by atoms with E-state index in [-0.39, 0.29) is 12.7 Å². The fourth-order valence-electron chi connectivity index (χ4n) is 12.7. The van der Waals surface area contributed by atoms with Crippen LogP contribution in [-0.4, -0.2) is 316 Å². The first-order valence-corrected chi connectivity index (χ1v) is 34.7. The largest absolute Gasteiger partial charge is 0.394 e. The lowest BCUT2D eigenvalue weighted by molar-refractivity contribution is -0.399. The van der Waals surface area contributed by atoms with Gasteiger partial charge < -0.3 is 135 Å². The Kier molecular flexibility index (Phi) is 36.4. The molecule has 1 aromatic rings. The SMILES string of the molecule is CCCCCCCCCCCCCCCCCC(=O)N[C@@H](CO[C@@H]1OC(CO)[C@@H](O[C@@H]2OC(CO)[C@H](O[C@@H]3OC(CN=O)[C@H](O)C(O[C@@H]4OC(CO)[C@H](O)C(O)C4O)C3NC(C)=O)C(O[C@]3(C=O)CC(O)[C@@H](N=NC(C)=O)C([C@H](O)[C@H](O)CO)O3)C2O)C(O)C1O)[C@H](O)/C=C/c1ccccn1. The number of nitroso groups, excluding NO2 is 1. The third-order valence-electron chi connectivity index (χ3n) is 18.3. The first-order valence-electron chi connectivity index (χ1n) is 34.7. The molecule has 28 atom stereocenters. The molecule has 0 aliphatic carbocycles. The average molecular weight is 1450 g/mol. The number of aldehydes is 1. The van der Waals surface area contributed by atoms with Crippen LogP contribution in [0.4, 0.5) is 0 Å². The molecule has 5 aliphatic rings. The fraction of sp³-hybridized carbons (Fsp3) is 0.831. The molecule has 5 saturated heterocycles. The van der Waals surface area contributed by atoms with Gasteiger partial charge in [0.2, 0.25) is 17.6 Å². The molecule has 6 heterocycles. The van der Waals surface area contributed by atoms with Crippen LogP contribution in [0.3, 0.4) is 0 Å². The van der Waals surface area contributed by atoms with Crippen LogP contribution in [0.2, 0.25) is 0 Å². The topological polar surface area (TPSA) is 555 Å². The molecule has 14 unspecified atom stereocenters. The number of ether oxygens (including phenoxy) is 10. The highest BCUT2D eigenvalue weighted by molar-refractivity contribution is 5.76. The van der Waals surface area contributed by atoms with E-state index in [0.717, 1.165) is 46.0 Å². The van der Waals surface area contributed by atoms with Crippen molar-refractivity contribution in [1.82, 2.24) is 15.6 Å². The first-order chi connectivity index (χ1) is 48.4. The second kappa shape index (κ2) is 43.1. The van der Waals surface area contributed by atoms with Gasteiger partial charge in [0.15, 0.2) is 31.4 Å². The summed E-state index contributed by atoms with van der Waals surface area (Å²) in [4.78, 5) is 68.3. The molecule has 36 nitrogen and oxygen atoms in total. The minimum atomic E-state index is -3.00. The van der Waals surface area contributed by atoms with Gasteiger partial charge in [0.05, 0.1) is 57.0 Å². The second-order valence-electron chi connectivity index (χ2n) is 26.1. The van der Waals surface area contributed by atoms with Gasteiger partial charge in [-0.1, -0.05) is 114 Å². The van der Waals surface area contributed by atoms with Crippen molar-refractivity contribution >= 4 is 30.1 Å². The van der Waals surface area contributed by atoms with Crippen LogP contribution in [0.5, 0.6) is 0 Å². The van der Waals surface area contributed by atoms with E-state index in [1.807, 2.05) is 0 Å². The van der Waals surface area contributed by atoms with E-state index in [2.05, 4.69) is 37.9 Å². The van der Waals surface area contributed by atoms with Gasteiger partial charge in [0.1, 0.15) is 128 Å². The van der Waals surface area contributed by atoms with Gasteiger partial charge >= 0.3 is 0 Å². The minimum absolute atomic E-state index is 0.0991. The van der Waals surface area contributed by atoms with Gasteiger partial charge in [-0.05, 0) is 24.6 Å². The van der Waals surface area contributed by atoms with Crippen molar-refractivity contribution in [3.63, 3.8) is 0 Å². The number of unbranched alkanes of at least 4 members (excludes halogenated alkanes) is 14. The summed E-state index contributed by atoms with van der Waals surface area (Å²) >= 11 is 0. The lowest BCUT2D eigenvalue weighted by atomic mass is 9.89. The van der Waals surface area contributed by atoms with Crippen LogP contribution in [-0.2, 0) is 66.5 Å². The second-order valence-corrected chi connectivity index (χ2v) is 26.1. The number of carbonyl (C=O) groups is 4. The van der Waals surface area contributed by atoms with E-state index in [9.17, 15) is 101 Å². The van der Waals surface area contributed by atoms with Gasteiger partial charge in [-0.15, -0.1) is 5.11 Å². The molecule has 6 rings (SSSR count). The van der Waals surface area contributed by atoms with Crippen molar-refractivity contribution in [3.8, 4) is 0 Å². The normalized spacial score (nSPS) is 36.0. The van der Waals surface area contributed by atoms with E-state index in [4.69, 9.17) is 47.4 Å². The average Bonchev–Trinajstić information content (AvgIpc) is 0.756. The van der Waals surface area contributed by atoms with Crippen molar-refractivity contribution in [1.29, 1.82) is 0 Å². The van der Waals surface area contributed by atoms with Crippen molar-refractivity contribution in [2.45, 2.75) is 301 Å². The summed E-state index contributed by atoms with van der Waals surface area (Å²) in [6.45, 7) is -1.77. The number of hydrogen-bond donors (Lipinski definition) is 17. The smallest absolute Gasteiger partial charge is 0.261 e. The van der Waals surface area contributed by atoms with Gasteiger partial charge in [-0.3, -0.25) is 24.2 Å². The molecule has 576 valence electrons. The summed E-state index contributed by atoms with van der Waals surface area (Å²) < 4.78 is 60.2. The Morgan fingerprint density at radius 2 is 1.23 bits per heavy atom. The number of nitrogens with zero attached hydrogens (tertiary/aromatic N) is 4. The number of azo groups is 1. The van der Waals surface area contributed by atoms with Crippen molar-refractivity contribution < 1.29 is 143 Å². The Balaban J connectivity index is 1.25. The van der Waals surface area contributed by atoms with Gasteiger partial charge in [-0.2, -0.15) is 10.0 Å². The maximum absolute atomic E-state index is 13.6. The maximum atomic E-state index is 13.6. The molecule has 5 aliphatic heterocycles. The Labute approximate surface area is 584 Å². The zero-order valence-electron chi connectivity index (χ0n) is 57.0. The number of hydrogen-bond acceptors (Lipinski definition) is 33. The molecule has 5 fully saturated rings. The number of aliphatic hydroxyl groups excluding tert-OH is 15. The van der Waals surface area contributed by atoms with Gasteiger partial charge in [0.25, 0.3) is 5.91 Å². The zero-order valence-corrected chi connectivity index (χ0v) is 57.0. The van der Waals surface area contributed by atoms with Crippen molar-refractivity contribution in [3.05, 3.63) is 41.1 Å². The van der Waals surface area contributed by atoms with Crippen LogP contribution >= 0.6 is 0 Å². The molecular weight excluding hydrogens is 1340 g/mol. The number of rotatable bonds is 42. The van der Waals surface area contributed by atoms with E-state index < -0.39 is 235 Å². The van der Waals surface area contributed by atoms with Crippen LogP contribution < -0.4 is 10.6 Å². The molecule has 0 radical (unpaired) electrons. The summed E-state index contributed by atoms with van der Waals surface area (Å²) in [5.74, 6) is -5.28. The van der Waals surface area contributed by atoms with Crippen molar-refractivity contribution in [2.75, 3.05) is 39.6 Å². The van der Waals surface area contributed by atoms with E-state index in [0.29, 0.717) is 12.1 Å². The Bertz CT molecular complexity index is 2670. The fourth-order valence-corrected chi connectivity index (χ4v) is 12.7.